The zero-order chi connectivity index (χ0) is 16.8. The summed E-state index contributed by atoms with van der Waals surface area (Å²) >= 11 is 1.61. The highest BCUT2D eigenvalue weighted by Crippen LogP contribution is 2.31. The molecule has 0 radical (unpaired) electrons. The molecule has 24 heavy (non-hydrogen) atoms. The second-order valence-corrected chi connectivity index (χ2v) is 7.50. The Morgan fingerprint density at radius 3 is 2.96 bits per heavy atom. The first-order valence-electron chi connectivity index (χ1n) is 8.21. The molecule has 3 heterocycles. The molecule has 7 nitrogen and oxygen atoms in total. The highest BCUT2D eigenvalue weighted by atomic mass is 32.1. The molecule has 126 valence electrons. The number of hydrogen-bond acceptors (Lipinski definition) is 5. The lowest BCUT2D eigenvalue weighted by atomic mass is 10.1. The van der Waals surface area contributed by atoms with Crippen LogP contribution in [0.2, 0.25) is 0 Å². The van der Waals surface area contributed by atoms with Crippen LogP contribution in [0.5, 0.6) is 0 Å². The number of carbonyl (C=O) groups is 1. The van der Waals surface area contributed by atoms with Crippen molar-refractivity contribution in [3.8, 4) is 0 Å². The van der Waals surface area contributed by atoms with E-state index in [0.717, 1.165) is 16.6 Å². The Bertz CT molecular complexity index is 995. The van der Waals surface area contributed by atoms with E-state index in [1.165, 1.54) is 38.7 Å². The fourth-order valence-corrected chi connectivity index (χ4v) is 4.07. The minimum absolute atomic E-state index is 0.0562. The Hall–Kier alpha value is -2.22. The number of aromatic nitrogens is 4. The van der Waals surface area contributed by atoms with E-state index >= 15 is 0 Å². The highest BCUT2D eigenvalue weighted by molar-refractivity contribution is 7.18. The van der Waals surface area contributed by atoms with E-state index in [9.17, 15) is 9.59 Å². The van der Waals surface area contributed by atoms with Crippen molar-refractivity contribution in [1.82, 2.24) is 24.5 Å². The molecular formula is C16H19N5O2S. The summed E-state index contributed by atoms with van der Waals surface area (Å²) in [4.78, 5) is 31.0. The van der Waals surface area contributed by atoms with Crippen LogP contribution in [0.25, 0.3) is 15.9 Å². The fourth-order valence-electron chi connectivity index (χ4n) is 2.99. The van der Waals surface area contributed by atoms with Gasteiger partial charge < -0.3 is 5.32 Å². The molecule has 0 unspecified atom stereocenters. The predicted octanol–water partition coefficient (Wildman–Crippen LogP) is 1.50. The molecule has 8 heteroatoms. The van der Waals surface area contributed by atoms with Crippen LogP contribution < -0.4 is 11.0 Å². The smallest absolute Gasteiger partial charge is 0.352 e. The quantitative estimate of drug-likeness (QED) is 0.760. The molecule has 3 aromatic rings. The standard InChI is InChI=1S/C16H19N5O2S/c1-3-11-9(2)24-15-13(11)14-19-21(16(23)20(14)8-18-15)7-12(22)17-6-10-4-5-10/h8,10H,3-7H2,1-2H3,(H,17,22). The van der Waals surface area contributed by atoms with Crippen LogP contribution in [0.15, 0.2) is 11.1 Å². The third-order valence-electron chi connectivity index (χ3n) is 4.51. The molecular weight excluding hydrogens is 326 g/mol. The Kier molecular flexibility index (Phi) is 3.64. The lowest BCUT2D eigenvalue weighted by Crippen LogP contribution is -2.33. The molecule has 0 bridgehead atoms. The summed E-state index contributed by atoms with van der Waals surface area (Å²) in [6.07, 6.45) is 4.71. The van der Waals surface area contributed by atoms with Gasteiger partial charge in [0.15, 0.2) is 5.65 Å². The van der Waals surface area contributed by atoms with Crippen molar-refractivity contribution in [3.05, 3.63) is 27.3 Å². The zero-order valence-corrected chi connectivity index (χ0v) is 14.5. The number of fused-ring (bicyclic) bond motifs is 3. The van der Waals surface area contributed by atoms with Crippen LogP contribution in [0.1, 0.15) is 30.2 Å². The van der Waals surface area contributed by atoms with Crippen LogP contribution in [-0.4, -0.2) is 31.6 Å². The molecule has 0 atom stereocenters. The molecule has 0 saturated heterocycles. The van der Waals surface area contributed by atoms with Crippen LogP contribution in [-0.2, 0) is 17.8 Å². The minimum atomic E-state index is -0.327. The van der Waals surface area contributed by atoms with Crippen LogP contribution in [0.3, 0.4) is 0 Å². The van der Waals surface area contributed by atoms with E-state index in [0.29, 0.717) is 18.1 Å². The van der Waals surface area contributed by atoms with Gasteiger partial charge in [-0.2, -0.15) is 0 Å². The van der Waals surface area contributed by atoms with Crippen molar-refractivity contribution in [1.29, 1.82) is 0 Å². The zero-order valence-electron chi connectivity index (χ0n) is 13.7. The van der Waals surface area contributed by atoms with Gasteiger partial charge >= 0.3 is 5.69 Å². The van der Waals surface area contributed by atoms with Crippen molar-refractivity contribution in [2.24, 2.45) is 5.92 Å². The minimum Gasteiger partial charge on any atom is -0.354 e. The van der Waals surface area contributed by atoms with Crippen molar-refractivity contribution < 1.29 is 4.79 Å². The lowest BCUT2D eigenvalue weighted by Gasteiger charge is -2.02. The number of aryl methyl sites for hydroxylation is 2. The highest BCUT2D eigenvalue weighted by Gasteiger charge is 2.22. The summed E-state index contributed by atoms with van der Waals surface area (Å²) in [5.74, 6) is 0.435. The summed E-state index contributed by atoms with van der Waals surface area (Å²) in [5.41, 5.74) is 1.43. The molecule has 1 amide bonds. The first-order chi connectivity index (χ1) is 11.6. The normalized spacial score (nSPS) is 14.6. The largest absolute Gasteiger partial charge is 0.354 e. The lowest BCUT2D eigenvalue weighted by molar-refractivity contribution is -0.121. The number of amides is 1. The van der Waals surface area contributed by atoms with Crippen LogP contribution >= 0.6 is 11.3 Å². The molecule has 0 aliphatic heterocycles. The van der Waals surface area contributed by atoms with Crippen molar-refractivity contribution >= 4 is 33.1 Å². The van der Waals surface area contributed by atoms with Gasteiger partial charge in [0, 0.05) is 11.4 Å². The van der Waals surface area contributed by atoms with E-state index in [-0.39, 0.29) is 18.1 Å². The van der Waals surface area contributed by atoms with E-state index in [1.807, 2.05) is 0 Å². The molecule has 0 spiro atoms. The third-order valence-corrected chi connectivity index (χ3v) is 5.56. The maximum Gasteiger partial charge on any atom is 0.352 e. The van der Waals surface area contributed by atoms with Crippen molar-refractivity contribution in [3.63, 3.8) is 0 Å². The Balaban J connectivity index is 1.74. The molecule has 4 rings (SSSR count). The van der Waals surface area contributed by atoms with Gasteiger partial charge in [0.1, 0.15) is 17.7 Å². The Morgan fingerprint density at radius 1 is 1.46 bits per heavy atom. The molecule has 1 saturated carbocycles. The summed E-state index contributed by atoms with van der Waals surface area (Å²) in [7, 11) is 0. The van der Waals surface area contributed by atoms with E-state index in [1.54, 1.807) is 11.3 Å². The summed E-state index contributed by atoms with van der Waals surface area (Å²) in [5, 5.41) is 8.21. The van der Waals surface area contributed by atoms with Crippen LogP contribution in [0.4, 0.5) is 0 Å². The average molecular weight is 345 g/mol. The van der Waals surface area contributed by atoms with Gasteiger partial charge in [0.2, 0.25) is 5.91 Å². The first kappa shape index (κ1) is 15.3. The summed E-state index contributed by atoms with van der Waals surface area (Å²) < 4.78 is 2.66. The van der Waals surface area contributed by atoms with Gasteiger partial charge in [-0.1, -0.05) is 6.92 Å². The molecule has 0 aromatic carbocycles. The van der Waals surface area contributed by atoms with E-state index in [2.05, 4.69) is 29.2 Å². The van der Waals surface area contributed by atoms with Crippen LogP contribution in [0, 0.1) is 12.8 Å². The number of carbonyl (C=O) groups excluding carboxylic acids is 1. The average Bonchev–Trinajstić information content (AvgIpc) is 3.26. The number of rotatable bonds is 5. The van der Waals surface area contributed by atoms with E-state index < -0.39 is 0 Å². The second kappa shape index (κ2) is 5.70. The van der Waals surface area contributed by atoms with Gasteiger partial charge in [-0.05, 0) is 37.7 Å². The maximum absolute atomic E-state index is 12.5. The Labute approximate surface area is 142 Å². The molecule has 1 aliphatic carbocycles. The van der Waals surface area contributed by atoms with Gasteiger partial charge in [0.25, 0.3) is 0 Å². The monoisotopic (exact) mass is 345 g/mol. The van der Waals surface area contributed by atoms with Gasteiger partial charge in [-0.15, -0.1) is 16.4 Å². The van der Waals surface area contributed by atoms with Crippen molar-refractivity contribution in [2.75, 3.05) is 6.54 Å². The van der Waals surface area contributed by atoms with Gasteiger partial charge in [0.05, 0.1) is 5.39 Å². The number of nitrogens with one attached hydrogen (secondary N) is 1. The summed E-state index contributed by atoms with van der Waals surface area (Å²) in [6.45, 7) is 4.77. The SMILES string of the molecule is CCc1c(C)sc2ncn3c(=O)n(CC(=O)NCC4CC4)nc3c12. The molecule has 1 fully saturated rings. The molecule has 1 aliphatic rings. The summed E-state index contributed by atoms with van der Waals surface area (Å²) in [6, 6.07) is 0. The molecule has 3 aromatic heterocycles. The number of hydrogen-bond donors (Lipinski definition) is 1. The number of nitrogens with zero attached hydrogens (tertiary/aromatic N) is 4. The second-order valence-electron chi connectivity index (χ2n) is 6.30. The van der Waals surface area contributed by atoms with Gasteiger partial charge in [-0.25, -0.2) is 18.9 Å². The maximum atomic E-state index is 12.5. The molecule has 1 N–H and O–H groups in total. The number of thiophene rings is 1. The Morgan fingerprint density at radius 2 is 2.25 bits per heavy atom. The van der Waals surface area contributed by atoms with Crippen molar-refractivity contribution in [2.45, 2.75) is 39.7 Å². The topological polar surface area (TPSA) is 81.3 Å². The predicted molar refractivity (Wildman–Crippen MR) is 92.5 cm³/mol. The first-order valence-corrected chi connectivity index (χ1v) is 9.03. The van der Waals surface area contributed by atoms with E-state index in [4.69, 9.17) is 0 Å². The fraction of sp³-hybridized carbons (Fsp3) is 0.500. The third kappa shape index (κ3) is 2.50. The van der Waals surface area contributed by atoms with Gasteiger partial charge in [-0.3, -0.25) is 4.79 Å².